The Morgan fingerprint density at radius 1 is 0.667 bits per heavy atom. The highest BCUT2D eigenvalue weighted by molar-refractivity contribution is 5.74. The third-order valence-electron chi connectivity index (χ3n) is 3.18. The summed E-state index contributed by atoms with van der Waals surface area (Å²) in [5.41, 5.74) is 13.2. The van der Waals surface area contributed by atoms with Crippen LogP contribution in [0.1, 0.15) is 0 Å². The fourth-order valence-electron chi connectivity index (χ4n) is 2.14. The van der Waals surface area contributed by atoms with Crippen molar-refractivity contribution >= 4 is 11.4 Å². The van der Waals surface area contributed by atoms with Crippen molar-refractivity contribution in [3.05, 3.63) is 48.5 Å². The Bertz CT molecular complexity index is 743. The van der Waals surface area contributed by atoms with Crippen molar-refractivity contribution in [1.82, 2.24) is 0 Å². The van der Waals surface area contributed by atoms with E-state index in [0.717, 1.165) is 0 Å². The summed E-state index contributed by atoms with van der Waals surface area (Å²) in [5.74, 6) is 1.05. The van der Waals surface area contributed by atoms with E-state index >= 15 is 0 Å². The molecular formula is C16H14N2O3. The highest BCUT2D eigenvalue weighted by Crippen LogP contribution is 2.37. The number of nitrogens with two attached hydrogens (primary N) is 2. The van der Waals surface area contributed by atoms with E-state index < -0.39 is 0 Å². The molecule has 1 aromatic heterocycles. The fraction of sp³-hybridized carbons (Fsp3) is 0. The average molecular weight is 282 g/mol. The van der Waals surface area contributed by atoms with Crippen LogP contribution in [0.3, 0.4) is 0 Å². The third kappa shape index (κ3) is 2.36. The Morgan fingerprint density at radius 2 is 1.10 bits per heavy atom. The Morgan fingerprint density at radius 3 is 1.48 bits per heavy atom. The van der Waals surface area contributed by atoms with Gasteiger partial charge in [0.05, 0.1) is 11.1 Å². The summed E-state index contributed by atoms with van der Waals surface area (Å²) in [6.45, 7) is 0. The second kappa shape index (κ2) is 4.79. The molecule has 2 aromatic carbocycles. The lowest BCUT2D eigenvalue weighted by Crippen LogP contribution is -1.85. The first kappa shape index (κ1) is 12.9. The molecule has 0 atom stereocenters. The molecule has 1 heterocycles. The molecule has 0 bridgehead atoms. The number of hydrogen-bond acceptors (Lipinski definition) is 5. The predicted molar refractivity (Wildman–Crippen MR) is 81.7 cm³/mol. The van der Waals surface area contributed by atoms with Gasteiger partial charge < -0.3 is 26.1 Å². The number of rotatable bonds is 2. The first-order chi connectivity index (χ1) is 10.0. The van der Waals surface area contributed by atoms with Gasteiger partial charge in [0, 0.05) is 23.5 Å². The number of aromatic hydroxyl groups is 2. The van der Waals surface area contributed by atoms with Gasteiger partial charge in [-0.2, -0.15) is 0 Å². The predicted octanol–water partition coefficient (Wildman–Crippen LogP) is 3.19. The summed E-state index contributed by atoms with van der Waals surface area (Å²) >= 11 is 0. The quantitative estimate of drug-likeness (QED) is 0.540. The van der Waals surface area contributed by atoms with Crippen LogP contribution in [0, 0.1) is 0 Å². The molecule has 0 aliphatic rings. The van der Waals surface area contributed by atoms with Crippen molar-refractivity contribution in [2.45, 2.75) is 0 Å². The van der Waals surface area contributed by atoms with E-state index in [1.807, 2.05) is 0 Å². The lowest BCUT2D eigenvalue weighted by atomic mass is 10.1. The van der Waals surface area contributed by atoms with Gasteiger partial charge in [-0.05, 0) is 36.4 Å². The zero-order valence-corrected chi connectivity index (χ0v) is 11.1. The van der Waals surface area contributed by atoms with Crippen LogP contribution in [-0.4, -0.2) is 10.2 Å². The molecule has 0 spiro atoms. The summed E-state index contributed by atoms with van der Waals surface area (Å²) in [5, 5.41) is 19.8. The lowest BCUT2D eigenvalue weighted by molar-refractivity contribution is 0.472. The molecule has 3 rings (SSSR count). The molecule has 3 aromatic rings. The van der Waals surface area contributed by atoms with Crippen molar-refractivity contribution in [3.8, 4) is 34.1 Å². The summed E-state index contributed by atoms with van der Waals surface area (Å²) in [6.07, 6.45) is 0. The largest absolute Gasteiger partial charge is 0.507 e. The van der Waals surface area contributed by atoms with Crippen LogP contribution in [0.2, 0.25) is 0 Å². The van der Waals surface area contributed by atoms with Gasteiger partial charge in [0.2, 0.25) is 0 Å². The van der Waals surface area contributed by atoms with Gasteiger partial charge in [-0.3, -0.25) is 0 Å². The molecular weight excluding hydrogens is 268 g/mol. The second-order valence-electron chi connectivity index (χ2n) is 4.72. The van der Waals surface area contributed by atoms with Crippen LogP contribution in [0.15, 0.2) is 52.9 Å². The number of phenolic OH excluding ortho intramolecular Hbond substituents is 2. The maximum atomic E-state index is 9.91. The first-order valence-electron chi connectivity index (χ1n) is 6.32. The van der Waals surface area contributed by atoms with Gasteiger partial charge in [0.15, 0.2) is 0 Å². The standard InChI is InChI=1S/C16H14N2O3/c17-9-1-3-11(13(19)7-9)15-5-6-16(21-15)12-4-2-10(18)8-14(12)20/h1-8,19-20H,17-18H2. The van der Waals surface area contributed by atoms with Crippen LogP contribution in [0.25, 0.3) is 22.6 Å². The van der Waals surface area contributed by atoms with Crippen LogP contribution >= 0.6 is 0 Å². The third-order valence-corrected chi connectivity index (χ3v) is 3.18. The number of anilines is 2. The normalized spacial score (nSPS) is 10.7. The van der Waals surface area contributed by atoms with Crippen LogP contribution < -0.4 is 11.5 Å². The highest BCUT2D eigenvalue weighted by atomic mass is 16.3. The molecule has 5 nitrogen and oxygen atoms in total. The van der Waals surface area contributed by atoms with E-state index in [1.54, 1.807) is 36.4 Å². The van der Waals surface area contributed by atoms with Crippen molar-refractivity contribution in [2.75, 3.05) is 11.5 Å². The lowest BCUT2D eigenvalue weighted by Gasteiger charge is -2.04. The Balaban J connectivity index is 2.03. The van der Waals surface area contributed by atoms with Crippen LogP contribution in [-0.2, 0) is 0 Å². The van der Waals surface area contributed by atoms with E-state index in [4.69, 9.17) is 15.9 Å². The van der Waals surface area contributed by atoms with E-state index in [9.17, 15) is 10.2 Å². The Hall–Kier alpha value is -3.08. The molecule has 0 saturated carbocycles. The van der Waals surface area contributed by atoms with Gasteiger partial charge >= 0.3 is 0 Å². The van der Waals surface area contributed by atoms with Crippen LogP contribution in [0.4, 0.5) is 11.4 Å². The highest BCUT2D eigenvalue weighted by Gasteiger charge is 2.13. The minimum Gasteiger partial charge on any atom is -0.507 e. The van der Waals surface area contributed by atoms with Gasteiger partial charge in [-0.1, -0.05) is 0 Å². The molecule has 6 N–H and O–H groups in total. The molecule has 0 saturated heterocycles. The fourth-order valence-corrected chi connectivity index (χ4v) is 2.14. The van der Waals surface area contributed by atoms with Gasteiger partial charge in [0.25, 0.3) is 0 Å². The second-order valence-corrected chi connectivity index (χ2v) is 4.72. The molecule has 21 heavy (non-hydrogen) atoms. The van der Waals surface area contributed by atoms with E-state index in [2.05, 4.69) is 0 Å². The maximum absolute atomic E-state index is 9.91. The first-order valence-corrected chi connectivity index (χ1v) is 6.32. The van der Waals surface area contributed by atoms with Crippen LogP contribution in [0.5, 0.6) is 11.5 Å². The van der Waals surface area contributed by atoms with Crippen molar-refractivity contribution in [3.63, 3.8) is 0 Å². The summed E-state index contributed by atoms with van der Waals surface area (Å²) in [6, 6.07) is 13.1. The molecule has 106 valence electrons. The molecule has 0 aliphatic carbocycles. The van der Waals surface area contributed by atoms with Crippen molar-refractivity contribution < 1.29 is 14.6 Å². The minimum absolute atomic E-state index is 0.0393. The molecule has 0 radical (unpaired) electrons. The number of hydrogen-bond donors (Lipinski definition) is 4. The number of furan rings is 1. The smallest absolute Gasteiger partial charge is 0.138 e. The molecule has 5 heteroatoms. The molecule has 0 unspecified atom stereocenters. The summed E-state index contributed by atoms with van der Waals surface area (Å²) in [7, 11) is 0. The van der Waals surface area contributed by atoms with E-state index in [-0.39, 0.29) is 11.5 Å². The van der Waals surface area contributed by atoms with E-state index in [0.29, 0.717) is 34.0 Å². The maximum Gasteiger partial charge on any atom is 0.138 e. The monoisotopic (exact) mass is 282 g/mol. The number of nitrogen functional groups attached to an aromatic ring is 2. The van der Waals surface area contributed by atoms with Crippen molar-refractivity contribution in [2.24, 2.45) is 0 Å². The minimum atomic E-state index is 0.0393. The summed E-state index contributed by atoms with van der Waals surface area (Å²) in [4.78, 5) is 0. The topological polar surface area (TPSA) is 106 Å². The SMILES string of the molecule is Nc1ccc(-c2ccc(-c3ccc(N)cc3O)o2)c(O)c1. The van der Waals surface area contributed by atoms with E-state index in [1.165, 1.54) is 12.1 Å². The Kier molecular flexibility index (Phi) is 2.95. The van der Waals surface area contributed by atoms with Gasteiger partial charge in [-0.15, -0.1) is 0 Å². The van der Waals surface area contributed by atoms with Crippen molar-refractivity contribution in [1.29, 1.82) is 0 Å². The van der Waals surface area contributed by atoms with Gasteiger partial charge in [0.1, 0.15) is 23.0 Å². The molecule has 0 aliphatic heterocycles. The zero-order valence-electron chi connectivity index (χ0n) is 11.1. The van der Waals surface area contributed by atoms with Gasteiger partial charge in [-0.25, -0.2) is 0 Å². The number of benzene rings is 2. The molecule has 0 fully saturated rings. The molecule has 0 amide bonds. The average Bonchev–Trinajstić information content (AvgIpc) is 2.87. The number of phenols is 2. The Labute approximate surface area is 121 Å². The zero-order chi connectivity index (χ0) is 15.0. The summed E-state index contributed by atoms with van der Waals surface area (Å²) < 4.78 is 5.70.